The summed E-state index contributed by atoms with van der Waals surface area (Å²) in [7, 11) is -3.27. The van der Waals surface area contributed by atoms with Gasteiger partial charge in [0.05, 0.1) is 5.75 Å². The largest absolute Gasteiger partial charge is 0.326 e. The number of benzene rings is 2. The average molecular weight is 415 g/mol. The molecule has 0 bridgehead atoms. The first-order valence-electron chi connectivity index (χ1n) is 10.2. The zero-order valence-electron chi connectivity index (χ0n) is 17.2. The van der Waals surface area contributed by atoms with E-state index in [4.69, 9.17) is 0 Å². The molecule has 3 rings (SSSR count). The van der Waals surface area contributed by atoms with Gasteiger partial charge in [-0.2, -0.15) is 0 Å². The first kappa shape index (κ1) is 21.5. The number of hydrogen-bond acceptors (Lipinski definition) is 3. The van der Waals surface area contributed by atoms with E-state index < -0.39 is 10.0 Å². The number of rotatable bonds is 7. The molecule has 0 atom stereocenters. The lowest BCUT2D eigenvalue weighted by Crippen LogP contribution is -2.42. The van der Waals surface area contributed by atoms with Crippen molar-refractivity contribution in [3.05, 3.63) is 65.2 Å². The third-order valence-corrected chi connectivity index (χ3v) is 7.52. The Hall–Kier alpha value is -2.18. The SMILES string of the molecule is Cc1ccc(NC(=O)C2CCN(S(=O)(=O)CCCc3ccccc3)CC2)c(C)c1. The number of carbonyl (C=O) groups excluding carboxylic acids is 1. The molecule has 1 N–H and O–H groups in total. The number of carbonyl (C=O) groups is 1. The average Bonchev–Trinajstić information content (AvgIpc) is 2.71. The van der Waals surface area contributed by atoms with Crippen molar-refractivity contribution in [1.29, 1.82) is 0 Å². The molecule has 0 spiro atoms. The molecule has 5 nitrogen and oxygen atoms in total. The number of amides is 1. The van der Waals surface area contributed by atoms with Gasteiger partial charge in [0.15, 0.2) is 0 Å². The van der Waals surface area contributed by atoms with Gasteiger partial charge in [0.2, 0.25) is 15.9 Å². The molecule has 0 aliphatic carbocycles. The van der Waals surface area contributed by atoms with E-state index in [1.807, 2.05) is 62.4 Å². The summed E-state index contributed by atoms with van der Waals surface area (Å²) in [6.07, 6.45) is 2.50. The number of piperidine rings is 1. The van der Waals surface area contributed by atoms with Crippen LogP contribution in [-0.2, 0) is 21.2 Å². The lowest BCUT2D eigenvalue weighted by molar-refractivity contribution is -0.120. The van der Waals surface area contributed by atoms with Gasteiger partial charge in [0.25, 0.3) is 0 Å². The molecule has 1 aliphatic rings. The van der Waals surface area contributed by atoms with E-state index in [2.05, 4.69) is 5.32 Å². The van der Waals surface area contributed by atoms with E-state index in [1.165, 1.54) is 0 Å². The van der Waals surface area contributed by atoms with Gasteiger partial charge in [-0.3, -0.25) is 4.79 Å². The van der Waals surface area contributed by atoms with Gasteiger partial charge >= 0.3 is 0 Å². The quantitative estimate of drug-likeness (QED) is 0.747. The molecule has 6 heteroatoms. The summed E-state index contributed by atoms with van der Waals surface area (Å²) in [6.45, 7) is 4.83. The zero-order chi connectivity index (χ0) is 20.9. The van der Waals surface area contributed by atoms with Crippen LogP contribution in [0.1, 0.15) is 36.0 Å². The standard InChI is InChI=1S/C23H30N2O3S/c1-18-10-11-22(19(2)17-18)24-23(26)21-12-14-25(15-13-21)29(27,28)16-6-9-20-7-4-3-5-8-20/h3-5,7-8,10-11,17,21H,6,9,12-16H2,1-2H3,(H,24,26). The van der Waals surface area contributed by atoms with Crippen molar-refractivity contribution in [1.82, 2.24) is 4.31 Å². The van der Waals surface area contributed by atoms with E-state index in [-0.39, 0.29) is 17.6 Å². The molecule has 1 fully saturated rings. The molecule has 156 valence electrons. The first-order chi connectivity index (χ1) is 13.8. The van der Waals surface area contributed by atoms with Gasteiger partial charge < -0.3 is 5.32 Å². The maximum Gasteiger partial charge on any atom is 0.227 e. The highest BCUT2D eigenvalue weighted by molar-refractivity contribution is 7.89. The third kappa shape index (κ3) is 5.90. The lowest BCUT2D eigenvalue weighted by Gasteiger charge is -2.30. The minimum atomic E-state index is -3.27. The Morgan fingerprint density at radius 3 is 2.41 bits per heavy atom. The van der Waals surface area contributed by atoms with Gasteiger partial charge in [-0.05, 0) is 56.7 Å². The minimum absolute atomic E-state index is 0.0157. The number of sulfonamides is 1. The van der Waals surface area contributed by atoms with Crippen LogP contribution in [0.25, 0.3) is 0 Å². The van der Waals surface area contributed by atoms with Crippen LogP contribution in [0.2, 0.25) is 0 Å². The molecule has 1 saturated heterocycles. The van der Waals surface area contributed by atoms with Crippen LogP contribution in [0.3, 0.4) is 0 Å². The summed E-state index contributed by atoms with van der Waals surface area (Å²) in [5.74, 6) is -0.00837. The summed E-state index contributed by atoms with van der Waals surface area (Å²) in [5.41, 5.74) is 4.18. The number of nitrogens with one attached hydrogen (secondary N) is 1. The Kier molecular flexibility index (Phi) is 7.09. The Morgan fingerprint density at radius 2 is 1.76 bits per heavy atom. The molecule has 2 aromatic rings. The second-order valence-corrected chi connectivity index (χ2v) is 9.97. The van der Waals surface area contributed by atoms with Crippen LogP contribution in [-0.4, -0.2) is 37.5 Å². The summed E-state index contributed by atoms with van der Waals surface area (Å²) in [4.78, 5) is 12.6. The third-order valence-electron chi connectivity index (χ3n) is 5.57. The van der Waals surface area contributed by atoms with E-state index in [1.54, 1.807) is 4.31 Å². The fourth-order valence-electron chi connectivity index (χ4n) is 3.82. The highest BCUT2D eigenvalue weighted by Crippen LogP contribution is 2.23. The number of aryl methyl sites for hydroxylation is 3. The summed E-state index contributed by atoms with van der Waals surface area (Å²) >= 11 is 0. The predicted octanol–water partition coefficient (Wildman–Crippen LogP) is 3.92. The maximum atomic E-state index is 12.6. The molecule has 0 saturated carbocycles. The van der Waals surface area contributed by atoms with E-state index in [9.17, 15) is 13.2 Å². The van der Waals surface area contributed by atoms with Crippen LogP contribution in [0, 0.1) is 19.8 Å². The van der Waals surface area contributed by atoms with Crippen molar-refractivity contribution in [2.75, 3.05) is 24.2 Å². The molecule has 29 heavy (non-hydrogen) atoms. The Balaban J connectivity index is 1.48. The van der Waals surface area contributed by atoms with Gasteiger partial charge in [-0.1, -0.05) is 48.0 Å². The zero-order valence-corrected chi connectivity index (χ0v) is 18.0. The maximum absolute atomic E-state index is 12.6. The predicted molar refractivity (Wildman–Crippen MR) is 117 cm³/mol. The fourth-order valence-corrected chi connectivity index (χ4v) is 5.35. The van der Waals surface area contributed by atoms with Crippen molar-refractivity contribution in [2.45, 2.75) is 39.5 Å². The molecule has 1 amide bonds. The number of anilines is 1. The molecule has 0 aromatic heterocycles. The van der Waals surface area contributed by atoms with Crippen molar-refractivity contribution < 1.29 is 13.2 Å². The van der Waals surface area contributed by atoms with Crippen LogP contribution in [0.5, 0.6) is 0 Å². The van der Waals surface area contributed by atoms with Gasteiger partial charge in [0.1, 0.15) is 0 Å². The molecular weight excluding hydrogens is 384 g/mol. The Labute approximate surface area is 174 Å². The van der Waals surface area contributed by atoms with Crippen LogP contribution < -0.4 is 5.32 Å². The summed E-state index contributed by atoms with van der Waals surface area (Å²) < 4.78 is 26.8. The normalized spacial score (nSPS) is 15.9. The molecular formula is C23H30N2O3S. The van der Waals surface area contributed by atoms with Gasteiger partial charge in [0, 0.05) is 24.7 Å². The van der Waals surface area contributed by atoms with Crippen molar-refractivity contribution in [3.63, 3.8) is 0 Å². The molecule has 1 aliphatic heterocycles. The van der Waals surface area contributed by atoms with E-state index >= 15 is 0 Å². The second-order valence-electron chi connectivity index (χ2n) is 7.89. The van der Waals surface area contributed by atoms with Crippen molar-refractivity contribution in [3.8, 4) is 0 Å². The highest BCUT2D eigenvalue weighted by Gasteiger charge is 2.30. The van der Waals surface area contributed by atoms with E-state index in [0.717, 1.165) is 28.8 Å². The molecule has 2 aromatic carbocycles. The summed E-state index contributed by atoms with van der Waals surface area (Å²) in [6, 6.07) is 15.9. The Bertz CT molecular complexity index is 934. The van der Waals surface area contributed by atoms with Crippen LogP contribution >= 0.6 is 0 Å². The molecule has 1 heterocycles. The lowest BCUT2D eigenvalue weighted by atomic mass is 9.97. The van der Waals surface area contributed by atoms with Crippen molar-refractivity contribution >= 4 is 21.6 Å². The highest BCUT2D eigenvalue weighted by atomic mass is 32.2. The molecule has 0 unspecified atom stereocenters. The van der Waals surface area contributed by atoms with Crippen LogP contribution in [0.15, 0.2) is 48.5 Å². The van der Waals surface area contributed by atoms with Crippen molar-refractivity contribution in [2.24, 2.45) is 5.92 Å². The van der Waals surface area contributed by atoms with E-state index in [0.29, 0.717) is 32.4 Å². The number of nitrogens with zero attached hydrogens (tertiary/aromatic N) is 1. The molecule has 0 radical (unpaired) electrons. The smallest absolute Gasteiger partial charge is 0.227 e. The van der Waals surface area contributed by atoms with Gasteiger partial charge in [-0.25, -0.2) is 12.7 Å². The topological polar surface area (TPSA) is 66.5 Å². The monoisotopic (exact) mass is 414 g/mol. The number of hydrogen-bond donors (Lipinski definition) is 1. The summed E-state index contributed by atoms with van der Waals surface area (Å²) in [5, 5.41) is 3.01. The minimum Gasteiger partial charge on any atom is -0.326 e. The van der Waals surface area contributed by atoms with Crippen LogP contribution in [0.4, 0.5) is 5.69 Å². The van der Waals surface area contributed by atoms with Gasteiger partial charge in [-0.15, -0.1) is 0 Å². The fraction of sp³-hybridized carbons (Fsp3) is 0.435. The first-order valence-corrected chi connectivity index (χ1v) is 11.9. The Morgan fingerprint density at radius 1 is 1.07 bits per heavy atom. The second kappa shape index (κ2) is 9.55.